The van der Waals surface area contributed by atoms with Crippen LogP contribution in [0.2, 0.25) is 0 Å². The number of unbranched alkanes of at least 4 members (excludes halogenated alkanes) is 4. The molecule has 0 unspecified atom stereocenters. The summed E-state index contributed by atoms with van der Waals surface area (Å²) >= 11 is 3.46. The SMILES string of the molecule is CCCCCc1cc2cc(C(=O)OC3CCC(CCCCC)CC3)sc2s1. The first-order valence-electron chi connectivity index (χ1n) is 10.9. The Balaban J connectivity index is 1.46. The van der Waals surface area contributed by atoms with E-state index in [-0.39, 0.29) is 12.1 Å². The fourth-order valence-electron chi connectivity index (χ4n) is 4.09. The van der Waals surface area contributed by atoms with Crippen molar-refractivity contribution in [1.29, 1.82) is 0 Å². The van der Waals surface area contributed by atoms with Crippen molar-refractivity contribution in [2.75, 3.05) is 0 Å². The van der Waals surface area contributed by atoms with E-state index in [9.17, 15) is 4.79 Å². The minimum atomic E-state index is -0.106. The summed E-state index contributed by atoms with van der Waals surface area (Å²) in [4.78, 5) is 14.8. The lowest BCUT2D eigenvalue weighted by molar-refractivity contribution is 0.0166. The van der Waals surface area contributed by atoms with Crippen LogP contribution >= 0.6 is 22.7 Å². The number of carbonyl (C=O) groups excluding carboxylic acids is 1. The maximum atomic E-state index is 12.6. The van der Waals surface area contributed by atoms with E-state index in [0.717, 1.165) is 23.6 Å². The zero-order chi connectivity index (χ0) is 19.1. The second-order valence-electron chi connectivity index (χ2n) is 8.07. The van der Waals surface area contributed by atoms with E-state index in [0.29, 0.717) is 0 Å². The van der Waals surface area contributed by atoms with E-state index < -0.39 is 0 Å². The lowest BCUT2D eigenvalue weighted by Crippen LogP contribution is -2.24. The maximum absolute atomic E-state index is 12.6. The van der Waals surface area contributed by atoms with E-state index in [1.807, 2.05) is 17.4 Å². The van der Waals surface area contributed by atoms with Crippen LogP contribution in [0.4, 0.5) is 0 Å². The Bertz CT molecular complexity index is 676. The van der Waals surface area contributed by atoms with Crippen LogP contribution in [-0.2, 0) is 11.2 Å². The van der Waals surface area contributed by atoms with Gasteiger partial charge in [0, 0.05) is 10.3 Å². The number of fused-ring (bicyclic) bond motifs is 1. The van der Waals surface area contributed by atoms with Gasteiger partial charge in [0.15, 0.2) is 0 Å². The van der Waals surface area contributed by atoms with Crippen molar-refractivity contribution >= 4 is 38.0 Å². The molecule has 0 atom stereocenters. The fourth-order valence-corrected chi connectivity index (χ4v) is 6.51. The first-order chi connectivity index (χ1) is 13.2. The molecule has 1 aliphatic rings. The highest BCUT2D eigenvalue weighted by Crippen LogP contribution is 2.36. The maximum Gasteiger partial charge on any atom is 0.348 e. The molecule has 4 heteroatoms. The Labute approximate surface area is 172 Å². The van der Waals surface area contributed by atoms with E-state index in [4.69, 9.17) is 4.74 Å². The van der Waals surface area contributed by atoms with Crippen molar-refractivity contribution in [1.82, 2.24) is 0 Å². The van der Waals surface area contributed by atoms with Crippen molar-refractivity contribution in [2.45, 2.75) is 97.0 Å². The smallest absolute Gasteiger partial charge is 0.348 e. The van der Waals surface area contributed by atoms with Gasteiger partial charge in [-0.1, -0.05) is 52.4 Å². The number of hydrogen-bond acceptors (Lipinski definition) is 4. The molecule has 2 aromatic heterocycles. The summed E-state index contributed by atoms with van der Waals surface area (Å²) in [7, 11) is 0. The van der Waals surface area contributed by atoms with Crippen LogP contribution in [0.1, 0.15) is 99.0 Å². The number of esters is 1. The monoisotopic (exact) mass is 406 g/mol. The molecule has 0 saturated heterocycles. The molecule has 0 bridgehead atoms. The topological polar surface area (TPSA) is 26.3 Å². The average Bonchev–Trinajstić information content (AvgIpc) is 3.22. The molecule has 1 aliphatic carbocycles. The molecule has 0 aromatic carbocycles. The highest BCUT2D eigenvalue weighted by atomic mass is 32.2. The van der Waals surface area contributed by atoms with Gasteiger partial charge in [-0.05, 0) is 56.6 Å². The molecule has 3 rings (SSSR count). The number of ether oxygens (including phenoxy) is 1. The molecule has 1 saturated carbocycles. The van der Waals surface area contributed by atoms with Crippen molar-refractivity contribution in [3.8, 4) is 0 Å². The molecule has 0 radical (unpaired) electrons. The van der Waals surface area contributed by atoms with E-state index >= 15 is 0 Å². The quantitative estimate of drug-likeness (QED) is 0.295. The van der Waals surface area contributed by atoms with E-state index in [2.05, 4.69) is 19.9 Å². The van der Waals surface area contributed by atoms with Crippen LogP contribution in [-0.4, -0.2) is 12.1 Å². The molecule has 2 heterocycles. The lowest BCUT2D eigenvalue weighted by atomic mass is 9.84. The molecule has 0 N–H and O–H groups in total. The van der Waals surface area contributed by atoms with Crippen LogP contribution in [0, 0.1) is 5.92 Å². The third-order valence-corrected chi connectivity index (χ3v) is 8.21. The molecule has 150 valence electrons. The summed E-state index contributed by atoms with van der Waals surface area (Å²) in [6.07, 6.45) is 15.0. The van der Waals surface area contributed by atoms with E-state index in [1.54, 1.807) is 11.3 Å². The minimum absolute atomic E-state index is 0.106. The van der Waals surface area contributed by atoms with Gasteiger partial charge in [-0.25, -0.2) is 4.79 Å². The summed E-state index contributed by atoms with van der Waals surface area (Å²) in [5.74, 6) is 0.745. The van der Waals surface area contributed by atoms with Crippen molar-refractivity contribution in [2.24, 2.45) is 5.92 Å². The van der Waals surface area contributed by atoms with Gasteiger partial charge in [0.05, 0.1) is 4.01 Å². The lowest BCUT2D eigenvalue weighted by Gasteiger charge is -2.28. The number of carbonyl (C=O) groups is 1. The van der Waals surface area contributed by atoms with Crippen LogP contribution < -0.4 is 0 Å². The van der Waals surface area contributed by atoms with Crippen LogP contribution in [0.3, 0.4) is 0 Å². The number of hydrogen-bond donors (Lipinski definition) is 0. The highest BCUT2D eigenvalue weighted by Gasteiger charge is 2.25. The fraction of sp³-hybridized carbons (Fsp3) is 0.696. The molecule has 2 nitrogen and oxygen atoms in total. The summed E-state index contributed by atoms with van der Waals surface area (Å²) in [6, 6.07) is 4.31. The molecule has 27 heavy (non-hydrogen) atoms. The summed E-state index contributed by atoms with van der Waals surface area (Å²) in [5.41, 5.74) is 0. The van der Waals surface area contributed by atoms with Gasteiger partial charge in [0.25, 0.3) is 0 Å². The third-order valence-electron chi connectivity index (χ3n) is 5.78. The second-order valence-corrected chi connectivity index (χ2v) is 10.5. The molecule has 1 fully saturated rings. The van der Waals surface area contributed by atoms with Crippen LogP contribution in [0.25, 0.3) is 9.40 Å². The molecular weight excluding hydrogens is 372 g/mol. The Morgan fingerprint density at radius 2 is 1.74 bits per heavy atom. The van der Waals surface area contributed by atoms with Crippen molar-refractivity contribution in [3.05, 3.63) is 21.9 Å². The third kappa shape index (κ3) is 6.05. The van der Waals surface area contributed by atoms with E-state index in [1.165, 1.54) is 78.5 Å². The van der Waals surface area contributed by atoms with Crippen molar-refractivity contribution < 1.29 is 9.53 Å². The second kappa shape index (κ2) is 10.6. The highest BCUT2D eigenvalue weighted by molar-refractivity contribution is 7.39. The zero-order valence-electron chi connectivity index (χ0n) is 16.9. The molecule has 0 amide bonds. The number of thiophene rings is 2. The Hall–Kier alpha value is -0.870. The summed E-state index contributed by atoms with van der Waals surface area (Å²) in [5, 5.41) is 1.23. The van der Waals surface area contributed by atoms with Gasteiger partial charge in [-0.2, -0.15) is 0 Å². The normalized spacial score (nSPS) is 20.2. The predicted octanol–water partition coefficient (Wildman–Crippen LogP) is 7.99. The van der Waals surface area contributed by atoms with Gasteiger partial charge in [0.1, 0.15) is 11.0 Å². The van der Waals surface area contributed by atoms with Crippen LogP contribution in [0.5, 0.6) is 0 Å². The van der Waals surface area contributed by atoms with Gasteiger partial charge in [0.2, 0.25) is 0 Å². The average molecular weight is 407 g/mol. The van der Waals surface area contributed by atoms with Crippen molar-refractivity contribution in [3.63, 3.8) is 0 Å². The Morgan fingerprint density at radius 1 is 1.00 bits per heavy atom. The molecule has 2 aromatic rings. The largest absolute Gasteiger partial charge is 0.458 e. The summed E-state index contributed by atoms with van der Waals surface area (Å²) < 4.78 is 7.11. The molecular formula is C23H34O2S2. The van der Waals surface area contributed by atoms with Gasteiger partial charge >= 0.3 is 5.97 Å². The first kappa shape index (κ1) is 20.9. The number of rotatable bonds is 10. The molecule has 0 aliphatic heterocycles. The Kier molecular flexibility index (Phi) is 8.20. The zero-order valence-corrected chi connectivity index (χ0v) is 18.6. The minimum Gasteiger partial charge on any atom is -0.458 e. The van der Waals surface area contributed by atoms with Crippen LogP contribution in [0.15, 0.2) is 12.1 Å². The van der Waals surface area contributed by atoms with Gasteiger partial charge in [-0.15, -0.1) is 22.7 Å². The standard InChI is InChI=1S/C23H34O2S2/c1-3-5-7-9-17-11-13-19(14-12-17)25-22(24)21-16-18-15-20(10-8-6-4-2)26-23(18)27-21/h15-17,19H,3-14H2,1-2H3. The van der Waals surface area contributed by atoms with Gasteiger partial charge < -0.3 is 4.74 Å². The predicted molar refractivity (Wildman–Crippen MR) is 118 cm³/mol. The Morgan fingerprint density at radius 3 is 2.44 bits per heavy atom. The van der Waals surface area contributed by atoms with Gasteiger partial charge in [-0.3, -0.25) is 0 Å². The number of aryl methyl sites for hydroxylation is 1. The summed E-state index contributed by atoms with van der Waals surface area (Å²) in [6.45, 7) is 4.50. The molecule has 0 spiro atoms. The first-order valence-corrected chi connectivity index (χ1v) is 12.6.